The molecule has 1 fully saturated rings. The maximum absolute atomic E-state index is 12.9. The maximum Gasteiger partial charge on any atom is 0.294 e. The van der Waals surface area contributed by atoms with E-state index in [1.807, 2.05) is 30.5 Å². The van der Waals surface area contributed by atoms with Crippen molar-refractivity contribution in [3.8, 4) is 11.4 Å². The first-order chi connectivity index (χ1) is 16.7. The van der Waals surface area contributed by atoms with Gasteiger partial charge < -0.3 is 14.6 Å². The van der Waals surface area contributed by atoms with Crippen LogP contribution in [0.15, 0.2) is 53.4 Å². The molecule has 0 unspecified atom stereocenters. The molecule has 1 aromatic heterocycles. The zero-order valence-corrected chi connectivity index (χ0v) is 21.4. The Labute approximate surface area is 216 Å². The van der Waals surface area contributed by atoms with Crippen LogP contribution in [-0.2, 0) is 9.59 Å². The predicted molar refractivity (Wildman–Crippen MR) is 140 cm³/mol. The predicted octanol–water partition coefficient (Wildman–Crippen LogP) is 6.08. The van der Waals surface area contributed by atoms with Gasteiger partial charge in [-0.15, -0.1) is 0 Å². The first-order valence-electron chi connectivity index (χ1n) is 10.5. The van der Waals surface area contributed by atoms with Crippen molar-refractivity contribution in [2.24, 2.45) is 0 Å². The molecule has 3 amide bonds. The highest BCUT2D eigenvalue weighted by Gasteiger charge is 2.36. The van der Waals surface area contributed by atoms with Gasteiger partial charge in [-0.25, -0.2) is 0 Å². The van der Waals surface area contributed by atoms with Crippen molar-refractivity contribution in [3.63, 3.8) is 0 Å². The van der Waals surface area contributed by atoms with Crippen molar-refractivity contribution < 1.29 is 19.1 Å². The normalized spacial score (nSPS) is 14.7. The molecule has 1 N–H and O–H groups in total. The zero-order chi connectivity index (χ0) is 25.3. The number of methoxy groups -OCH3 is 1. The number of aromatic nitrogens is 1. The lowest BCUT2D eigenvalue weighted by atomic mass is 10.2. The average molecular weight is 530 g/mol. The van der Waals surface area contributed by atoms with Crippen molar-refractivity contribution in [2.75, 3.05) is 19.0 Å². The van der Waals surface area contributed by atoms with Crippen LogP contribution in [0.2, 0.25) is 10.0 Å². The van der Waals surface area contributed by atoms with Crippen LogP contribution in [0, 0.1) is 13.8 Å². The van der Waals surface area contributed by atoms with Gasteiger partial charge in [0.05, 0.1) is 22.7 Å². The largest absolute Gasteiger partial charge is 0.497 e. The Balaban J connectivity index is 1.52. The molecule has 7 nitrogen and oxygen atoms in total. The Bertz CT molecular complexity index is 1370. The number of amides is 3. The van der Waals surface area contributed by atoms with Gasteiger partial charge in [0.15, 0.2) is 0 Å². The van der Waals surface area contributed by atoms with Gasteiger partial charge in [-0.05, 0) is 85.8 Å². The SMILES string of the molecule is COc1ccc(NC(=O)CN2C(=O)S/C(=C/c3cc(C)n(-c4ccc(Cl)cc4Cl)c3C)C2=O)cc1. The van der Waals surface area contributed by atoms with Gasteiger partial charge in [0.1, 0.15) is 12.3 Å². The van der Waals surface area contributed by atoms with E-state index in [2.05, 4.69) is 5.32 Å². The first kappa shape index (κ1) is 24.9. The molecule has 2 aromatic carbocycles. The molecule has 1 aliphatic rings. The van der Waals surface area contributed by atoms with Crippen molar-refractivity contribution in [1.29, 1.82) is 0 Å². The number of benzene rings is 2. The summed E-state index contributed by atoms with van der Waals surface area (Å²) < 4.78 is 7.05. The van der Waals surface area contributed by atoms with E-state index in [1.165, 1.54) is 0 Å². The second-order valence-corrected chi connectivity index (χ2v) is 9.64. The number of halogens is 2. The molecule has 0 radical (unpaired) electrons. The number of hydrogen-bond donors (Lipinski definition) is 1. The smallest absolute Gasteiger partial charge is 0.294 e. The van der Waals surface area contributed by atoms with Crippen LogP contribution in [0.3, 0.4) is 0 Å². The highest BCUT2D eigenvalue weighted by atomic mass is 35.5. The molecule has 4 rings (SSSR count). The average Bonchev–Trinajstić information content (AvgIpc) is 3.23. The van der Waals surface area contributed by atoms with Crippen LogP contribution in [0.5, 0.6) is 5.75 Å². The minimum absolute atomic E-state index is 0.245. The highest BCUT2D eigenvalue weighted by molar-refractivity contribution is 8.18. The summed E-state index contributed by atoms with van der Waals surface area (Å²) in [5, 5.41) is 3.21. The third-order valence-corrected chi connectivity index (χ3v) is 6.90. The maximum atomic E-state index is 12.9. The Hall–Kier alpha value is -3.20. The fourth-order valence-electron chi connectivity index (χ4n) is 3.76. The summed E-state index contributed by atoms with van der Waals surface area (Å²) in [6.07, 6.45) is 1.66. The summed E-state index contributed by atoms with van der Waals surface area (Å²) in [7, 11) is 1.55. The Morgan fingerprint density at radius 2 is 1.80 bits per heavy atom. The molecule has 1 saturated heterocycles. The molecule has 0 atom stereocenters. The number of hydrogen-bond acceptors (Lipinski definition) is 5. The van der Waals surface area contributed by atoms with Crippen molar-refractivity contribution >= 4 is 63.8 Å². The number of carbonyl (C=O) groups is 3. The van der Waals surface area contributed by atoms with Crippen LogP contribution >= 0.6 is 35.0 Å². The number of thioether (sulfide) groups is 1. The summed E-state index contributed by atoms with van der Waals surface area (Å²) in [6, 6.07) is 13.9. The van der Waals surface area contributed by atoms with E-state index in [0.29, 0.717) is 21.5 Å². The number of nitrogens with one attached hydrogen (secondary N) is 1. The molecule has 0 bridgehead atoms. The minimum atomic E-state index is -0.515. The molecule has 0 aliphatic carbocycles. The second kappa shape index (κ2) is 10.2. The van der Waals surface area contributed by atoms with E-state index in [0.717, 1.165) is 39.3 Å². The van der Waals surface area contributed by atoms with Crippen LogP contribution in [0.4, 0.5) is 10.5 Å². The van der Waals surface area contributed by atoms with Crippen LogP contribution < -0.4 is 10.1 Å². The standard InChI is InChI=1S/C25H21Cl2N3O4S/c1-14-10-16(15(2)30(14)21-9-4-17(26)12-20(21)27)11-22-24(32)29(25(33)35-22)13-23(31)28-18-5-7-19(34-3)8-6-18/h4-12H,13H2,1-3H3,(H,28,31)/b22-11+. The zero-order valence-electron chi connectivity index (χ0n) is 19.1. The van der Waals surface area contributed by atoms with Crippen LogP contribution in [0.1, 0.15) is 17.0 Å². The van der Waals surface area contributed by atoms with Gasteiger partial charge in [-0.3, -0.25) is 19.3 Å². The number of imide groups is 1. The second-order valence-electron chi connectivity index (χ2n) is 7.80. The summed E-state index contributed by atoms with van der Waals surface area (Å²) in [5.74, 6) is -0.342. The summed E-state index contributed by atoms with van der Waals surface area (Å²) in [6.45, 7) is 3.44. The quantitative estimate of drug-likeness (QED) is 0.391. The molecular formula is C25H21Cl2N3O4S. The third kappa shape index (κ3) is 5.24. The van der Waals surface area contributed by atoms with Gasteiger partial charge in [-0.1, -0.05) is 23.2 Å². The lowest BCUT2D eigenvalue weighted by molar-refractivity contribution is -0.127. The highest BCUT2D eigenvalue weighted by Crippen LogP contribution is 2.35. The van der Waals surface area contributed by atoms with Crippen molar-refractivity contribution in [2.45, 2.75) is 13.8 Å². The van der Waals surface area contributed by atoms with E-state index in [1.54, 1.807) is 49.6 Å². The van der Waals surface area contributed by atoms with Gasteiger partial charge >= 0.3 is 0 Å². The lowest BCUT2D eigenvalue weighted by Crippen LogP contribution is -2.36. The van der Waals surface area contributed by atoms with E-state index in [4.69, 9.17) is 27.9 Å². The number of carbonyl (C=O) groups excluding carboxylic acids is 3. The number of rotatable bonds is 6. The first-order valence-corrected chi connectivity index (χ1v) is 12.1. The molecule has 180 valence electrons. The molecule has 35 heavy (non-hydrogen) atoms. The van der Waals surface area contributed by atoms with E-state index in [-0.39, 0.29) is 11.4 Å². The summed E-state index contributed by atoms with van der Waals surface area (Å²) in [5.41, 5.74) is 3.80. The number of aryl methyl sites for hydroxylation is 1. The van der Waals surface area contributed by atoms with E-state index < -0.39 is 17.1 Å². The van der Waals surface area contributed by atoms with Gasteiger partial charge in [0, 0.05) is 22.1 Å². The van der Waals surface area contributed by atoms with Gasteiger partial charge in [-0.2, -0.15) is 0 Å². The number of ether oxygens (including phenoxy) is 1. The fourth-order valence-corrected chi connectivity index (χ4v) is 5.09. The van der Waals surface area contributed by atoms with Crippen molar-refractivity contribution in [1.82, 2.24) is 9.47 Å². The van der Waals surface area contributed by atoms with E-state index >= 15 is 0 Å². The minimum Gasteiger partial charge on any atom is -0.497 e. The summed E-state index contributed by atoms with van der Waals surface area (Å²) in [4.78, 5) is 39.1. The Kier molecular flexibility index (Phi) is 7.25. The Morgan fingerprint density at radius 3 is 2.46 bits per heavy atom. The molecule has 2 heterocycles. The van der Waals surface area contributed by atoms with Crippen LogP contribution in [-0.4, -0.2) is 40.2 Å². The molecule has 3 aromatic rings. The topological polar surface area (TPSA) is 80.6 Å². The molecule has 0 saturated carbocycles. The molecule has 0 spiro atoms. The molecule has 10 heteroatoms. The van der Waals surface area contributed by atoms with Crippen molar-refractivity contribution in [3.05, 3.63) is 80.4 Å². The van der Waals surface area contributed by atoms with Crippen LogP contribution in [0.25, 0.3) is 11.8 Å². The third-order valence-electron chi connectivity index (χ3n) is 5.46. The van der Waals surface area contributed by atoms with Gasteiger partial charge in [0.25, 0.3) is 11.1 Å². The molecular weight excluding hydrogens is 509 g/mol. The number of anilines is 1. The summed E-state index contributed by atoms with van der Waals surface area (Å²) >= 11 is 13.2. The monoisotopic (exact) mass is 529 g/mol. The lowest BCUT2D eigenvalue weighted by Gasteiger charge is -2.13. The van der Waals surface area contributed by atoms with E-state index in [9.17, 15) is 14.4 Å². The Morgan fingerprint density at radius 1 is 1.09 bits per heavy atom. The van der Waals surface area contributed by atoms with Gasteiger partial charge in [0.2, 0.25) is 5.91 Å². The molecule has 1 aliphatic heterocycles. The fraction of sp³-hybridized carbons (Fsp3) is 0.160. The number of nitrogens with zero attached hydrogens (tertiary/aromatic N) is 2.